The molecule has 0 aromatic carbocycles. The van der Waals surface area contributed by atoms with Crippen molar-refractivity contribution in [3.8, 4) is 0 Å². The molecule has 0 aliphatic rings. The van der Waals surface area contributed by atoms with Gasteiger partial charge in [-0.05, 0) is 0 Å². The molecule has 0 amide bonds. The Balaban J connectivity index is 0. The van der Waals surface area contributed by atoms with Crippen molar-refractivity contribution >= 4 is 45.0 Å². The molecule has 46 valence electrons. The third kappa shape index (κ3) is 164. The number of aliphatic hydroxyl groups is 1. The first kappa shape index (κ1) is 10.9. The Morgan fingerprint density at radius 2 is 1.29 bits per heavy atom. The molecule has 0 radical (unpaired) electrons. The fourth-order valence-electron chi connectivity index (χ4n) is 0. The Kier molecular flexibility index (Phi) is 8.10. The summed E-state index contributed by atoms with van der Waals surface area (Å²) in [6.45, 7) is 0. The SMILES string of the molecule is CO.[SiH3]C(Cl)(Cl)Cl. The second-order valence-corrected chi connectivity index (χ2v) is 7.03. The second kappa shape index (κ2) is 5.19. The van der Waals surface area contributed by atoms with E-state index in [-0.39, 0.29) is 0 Å². The van der Waals surface area contributed by atoms with E-state index in [2.05, 4.69) is 0 Å². The molecule has 0 heterocycles. The van der Waals surface area contributed by atoms with Gasteiger partial charge in [0.1, 0.15) is 0 Å². The second-order valence-electron chi connectivity index (χ2n) is 0.781. The summed E-state index contributed by atoms with van der Waals surface area (Å²) in [5.41, 5.74) is 0. The zero-order valence-corrected chi connectivity index (χ0v) is 8.35. The Labute approximate surface area is 61.0 Å². The number of rotatable bonds is 0. The molecule has 0 spiro atoms. The topological polar surface area (TPSA) is 20.2 Å². The van der Waals surface area contributed by atoms with Crippen LogP contribution in [0.15, 0.2) is 0 Å². The van der Waals surface area contributed by atoms with Gasteiger partial charge in [-0.15, -0.1) is 0 Å². The van der Waals surface area contributed by atoms with E-state index in [9.17, 15) is 0 Å². The summed E-state index contributed by atoms with van der Waals surface area (Å²) in [6, 6.07) is 0. The van der Waals surface area contributed by atoms with Crippen LogP contribution in [0.3, 0.4) is 0 Å². The maximum Gasteiger partial charge on any atom is 0.166 e. The normalized spacial score (nSPS) is 9.86. The van der Waals surface area contributed by atoms with Crippen LogP contribution in [0.1, 0.15) is 0 Å². The molecule has 0 aromatic heterocycles. The molecule has 0 bridgehead atoms. The lowest BCUT2D eigenvalue weighted by molar-refractivity contribution is 0.399. The number of halogens is 3. The van der Waals surface area contributed by atoms with E-state index in [1.165, 1.54) is 0 Å². The van der Waals surface area contributed by atoms with Gasteiger partial charge < -0.3 is 5.11 Å². The van der Waals surface area contributed by atoms with E-state index in [0.717, 1.165) is 7.11 Å². The third-order valence-electron chi connectivity index (χ3n) is 0. The highest BCUT2D eigenvalue weighted by atomic mass is 35.6. The Morgan fingerprint density at radius 3 is 1.29 bits per heavy atom. The molecule has 0 saturated carbocycles. The zero-order valence-electron chi connectivity index (χ0n) is 4.08. The lowest BCUT2D eigenvalue weighted by atomic mass is 11.8. The molecule has 1 N–H and O–H groups in total. The summed E-state index contributed by atoms with van der Waals surface area (Å²) < 4.78 is -0.944. The summed E-state index contributed by atoms with van der Waals surface area (Å²) in [6.07, 6.45) is 0. The molecule has 0 saturated heterocycles. The maximum absolute atomic E-state index is 7.00. The fraction of sp³-hybridized carbons (Fsp3) is 1.00. The van der Waals surface area contributed by atoms with Gasteiger partial charge in [-0.3, -0.25) is 0 Å². The maximum atomic E-state index is 7.00. The quantitative estimate of drug-likeness (QED) is 0.421. The highest BCUT2D eigenvalue weighted by Gasteiger charge is 2.06. The monoisotopic (exact) mass is 180 g/mol. The van der Waals surface area contributed by atoms with Crippen molar-refractivity contribution in [3.05, 3.63) is 0 Å². The smallest absolute Gasteiger partial charge is 0.166 e. The number of hydrogen-bond acceptors (Lipinski definition) is 1. The molecule has 0 rings (SSSR count). The van der Waals surface area contributed by atoms with Crippen molar-refractivity contribution in [3.63, 3.8) is 0 Å². The highest BCUT2D eigenvalue weighted by Crippen LogP contribution is 2.19. The summed E-state index contributed by atoms with van der Waals surface area (Å²) in [7, 11) is 1.60. The van der Waals surface area contributed by atoms with Crippen molar-refractivity contribution in [1.82, 2.24) is 0 Å². The lowest BCUT2D eigenvalue weighted by Crippen LogP contribution is -1.96. The minimum atomic E-state index is -0.944. The van der Waals surface area contributed by atoms with Crippen LogP contribution in [0, 0.1) is 0 Å². The van der Waals surface area contributed by atoms with E-state index >= 15 is 0 Å². The van der Waals surface area contributed by atoms with Gasteiger partial charge in [-0.25, -0.2) is 0 Å². The van der Waals surface area contributed by atoms with Crippen LogP contribution in [-0.2, 0) is 0 Å². The molecule has 7 heavy (non-hydrogen) atoms. The van der Waals surface area contributed by atoms with E-state index in [0.29, 0.717) is 10.2 Å². The summed E-state index contributed by atoms with van der Waals surface area (Å²) in [4.78, 5) is 0. The Hall–Kier alpha value is 1.05. The van der Waals surface area contributed by atoms with Gasteiger partial charge in [0.25, 0.3) is 0 Å². The van der Waals surface area contributed by atoms with Crippen molar-refractivity contribution < 1.29 is 5.11 Å². The zero-order chi connectivity index (χ0) is 6.50. The first-order valence-corrected chi connectivity index (χ1v) is 3.65. The van der Waals surface area contributed by atoms with Crippen LogP contribution in [-0.4, -0.2) is 25.9 Å². The number of alkyl halides is 3. The van der Waals surface area contributed by atoms with Crippen LogP contribution in [0.25, 0.3) is 0 Å². The van der Waals surface area contributed by atoms with E-state index in [4.69, 9.17) is 39.9 Å². The summed E-state index contributed by atoms with van der Waals surface area (Å²) >= 11 is 15.4. The number of hydrogen-bond donors (Lipinski definition) is 1. The molecule has 0 fully saturated rings. The molecule has 1 nitrogen and oxygen atoms in total. The van der Waals surface area contributed by atoms with Gasteiger partial charge in [-0.2, -0.15) is 0 Å². The van der Waals surface area contributed by atoms with E-state index in [1.807, 2.05) is 0 Å². The van der Waals surface area contributed by atoms with Gasteiger partial charge in [0.05, 0.1) is 10.2 Å². The van der Waals surface area contributed by atoms with Crippen molar-refractivity contribution in [2.45, 2.75) is 3.42 Å². The first-order chi connectivity index (χ1) is 3.00. The molecule has 0 aromatic rings. The van der Waals surface area contributed by atoms with Crippen molar-refractivity contribution in [1.29, 1.82) is 0 Å². The average molecular weight is 182 g/mol. The molecule has 0 aliphatic carbocycles. The minimum Gasteiger partial charge on any atom is -0.400 e. The summed E-state index contributed by atoms with van der Waals surface area (Å²) in [5, 5.41) is 7.00. The predicted molar refractivity (Wildman–Crippen MR) is 38.4 cm³/mol. The Bertz CT molecular complexity index is 28.4. The van der Waals surface area contributed by atoms with Gasteiger partial charge in [0.15, 0.2) is 3.42 Å². The van der Waals surface area contributed by atoms with Crippen LogP contribution in [0.5, 0.6) is 0 Å². The van der Waals surface area contributed by atoms with Crippen molar-refractivity contribution in [2.24, 2.45) is 0 Å². The fourth-order valence-corrected chi connectivity index (χ4v) is 0. The van der Waals surface area contributed by atoms with Gasteiger partial charge in [0, 0.05) is 7.11 Å². The van der Waals surface area contributed by atoms with Crippen LogP contribution >= 0.6 is 34.8 Å². The van der Waals surface area contributed by atoms with E-state index in [1.54, 1.807) is 0 Å². The van der Waals surface area contributed by atoms with Gasteiger partial charge in [-0.1, -0.05) is 34.8 Å². The lowest BCUT2D eigenvalue weighted by Gasteiger charge is -1.94. The van der Waals surface area contributed by atoms with Gasteiger partial charge in [0.2, 0.25) is 0 Å². The van der Waals surface area contributed by atoms with E-state index < -0.39 is 3.42 Å². The average Bonchev–Trinajstić information content (AvgIpc) is 1.36. The molecular formula is C2H7Cl3OSi. The van der Waals surface area contributed by atoms with Crippen LogP contribution in [0.4, 0.5) is 0 Å². The highest BCUT2D eigenvalue weighted by molar-refractivity contribution is 6.81. The predicted octanol–water partition coefficient (Wildman–Crippen LogP) is 0.288. The molecule has 5 heteroatoms. The summed E-state index contributed by atoms with van der Waals surface area (Å²) in [5.74, 6) is 0. The first-order valence-electron chi connectivity index (χ1n) is 1.51. The number of aliphatic hydroxyl groups excluding tert-OH is 1. The van der Waals surface area contributed by atoms with Gasteiger partial charge >= 0.3 is 0 Å². The third-order valence-corrected chi connectivity index (χ3v) is 0. The van der Waals surface area contributed by atoms with Crippen LogP contribution in [0.2, 0.25) is 0 Å². The largest absolute Gasteiger partial charge is 0.400 e. The van der Waals surface area contributed by atoms with Crippen molar-refractivity contribution in [2.75, 3.05) is 7.11 Å². The minimum absolute atomic E-state index is 0.604. The van der Waals surface area contributed by atoms with Crippen LogP contribution < -0.4 is 0 Å². The Morgan fingerprint density at radius 1 is 1.29 bits per heavy atom. The standard InChI is InChI=1S/CH3Cl3Si.CH4O/c2-1(3,4)5;1-2/h5H3;2H,1H3. The molecular weight excluding hydrogens is 174 g/mol. The molecule has 0 aliphatic heterocycles. The molecule has 0 atom stereocenters. The molecule has 0 unspecified atom stereocenters.